The molecule has 0 aromatic heterocycles. The molecular weight excluding hydrogens is 996 g/mol. The van der Waals surface area contributed by atoms with Gasteiger partial charge in [-0.1, -0.05) is 326 Å². The van der Waals surface area contributed by atoms with Gasteiger partial charge in [0.1, 0.15) is 13.2 Å². The second kappa shape index (κ2) is 61.0. The van der Waals surface area contributed by atoms with Crippen LogP contribution in [0.2, 0.25) is 0 Å². The quantitative estimate of drug-likeness (QED) is 0.0272. The van der Waals surface area contributed by atoms with Crippen LogP contribution in [-0.2, 0) is 18.4 Å². The summed E-state index contributed by atoms with van der Waals surface area (Å²) in [5.41, 5.74) is 0. The van der Waals surface area contributed by atoms with Gasteiger partial charge in [-0.3, -0.25) is 9.36 Å². The number of quaternary nitrogens is 1. The Balaban J connectivity index is 3.93. The van der Waals surface area contributed by atoms with Gasteiger partial charge < -0.3 is 28.8 Å². The fourth-order valence-corrected chi connectivity index (χ4v) is 11.1. The summed E-state index contributed by atoms with van der Waals surface area (Å²) >= 11 is 0. The SMILES string of the molecule is CCCCCCC/C=C\C/C=C\C/C=C\CCCCCCCCCCCCCCCCCCCCCCCCCCC(=O)NC(COP(=O)([O-])OCC[N+](C)(C)C)C(O)/C=C/CCCCCCCCCCCCCCCCCC. The monoisotopic (exact) mass is 1130 g/mol. The van der Waals surface area contributed by atoms with E-state index < -0.39 is 20.0 Å². The van der Waals surface area contributed by atoms with Gasteiger partial charge in [-0.2, -0.15) is 0 Å². The normalized spacial score (nSPS) is 14.0. The number of aliphatic hydroxyl groups excluding tert-OH is 1. The van der Waals surface area contributed by atoms with Crippen LogP contribution in [-0.4, -0.2) is 68.5 Å². The third-order valence-electron chi connectivity index (χ3n) is 15.8. The molecule has 0 rings (SSSR count). The molecule has 1 amide bonds. The van der Waals surface area contributed by atoms with Crippen molar-refractivity contribution >= 4 is 13.7 Å². The number of carbonyl (C=O) groups excluding carboxylic acids is 1. The van der Waals surface area contributed by atoms with Crippen LogP contribution in [0.3, 0.4) is 0 Å². The summed E-state index contributed by atoms with van der Waals surface area (Å²) in [5, 5.41) is 13.9. The Labute approximate surface area is 492 Å². The third kappa shape index (κ3) is 63.9. The van der Waals surface area contributed by atoms with Gasteiger partial charge in [-0.25, -0.2) is 0 Å². The van der Waals surface area contributed by atoms with Crippen molar-refractivity contribution in [1.29, 1.82) is 0 Å². The molecular formula is C70H135N2O6P. The topological polar surface area (TPSA) is 108 Å². The number of allylic oxidation sites excluding steroid dienone is 7. The van der Waals surface area contributed by atoms with Crippen molar-refractivity contribution in [2.24, 2.45) is 0 Å². The molecule has 0 aliphatic heterocycles. The number of hydrogen-bond acceptors (Lipinski definition) is 6. The largest absolute Gasteiger partial charge is 0.756 e. The van der Waals surface area contributed by atoms with Gasteiger partial charge in [0.25, 0.3) is 7.82 Å². The van der Waals surface area contributed by atoms with E-state index in [2.05, 4.69) is 55.6 Å². The van der Waals surface area contributed by atoms with Gasteiger partial charge >= 0.3 is 0 Å². The molecule has 0 aromatic carbocycles. The number of unbranched alkanes of at least 4 members (excludes halogenated alkanes) is 45. The summed E-state index contributed by atoms with van der Waals surface area (Å²) in [5.74, 6) is -0.191. The number of phosphoric acid groups is 1. The molecule has 0 bridgehead atoms. The van der Waals surface area contributed by atoms with E-state index in [4.69, 9.17) is 9.05 Å². The van der Waals surface area contributed by atoms with Gasteiger partial charge in [0, 0.05) is 6.42 Å². The number of nitrogens with one attached hydrogen (secondary N) is 1. The van der Waals surface area contributed by atoms with Crippen LogP contribution in [0.1, 0.15) is 341 Å². The van der Waals surface area contributed by atoms with Crippen molar-refractivity contribution in [2.75, 3.05) is 40.9 Å². The zero-order valence-electron chi connectivity index (χ0n) is 53.3. The minimum absolute atomic E-state index is 0.000786. The molecule has 0 radical (unpaired) electrons. The van der Waals surface area contributed by atoms with E-state index in [1.54, 1.807) is 6.08 Å². The number of nitrogens with zero attached hydrogens (tertiary/aromatic N) is 1. The lowest BCUT2D eigenvalue weighted by atomic mass is 10.0. The average molecular weight is 1130 g/mol. The first-order valence-corrected chi connectivity index (χ1v) is 36.0. The lowest BCUT2D eigenvalue weighted by Crippen LogP contribution is -2.45. The van der Waals surface area contributed by atoms with E-state index in [1.165, 1.54) is 270 Å². The molecule has 8 nitrogen and oxygen atoms in total. The molecule has 3 atom stereocenters. The Hall–Kier alpha value is -1.54. The van der Waals surface area contributed by atoms with E-state index in [1.807, 2.05) is 27.2 Å². The maximum Gasteiger partial charge on any atom is 0.268 e. The molecule has 3 unspecified atom stereocenters. The molecule has 0 aliphatic carbocycles. The molecule has 2 N–H and O–H groups in total. The predicted molar refractivity (Wildman–Crippen MR) is 344 cm³/mol. The van der Waals surface area contributed by atoms with Gasteiger partial charge in [0.15, 0.2) is 0 Å². The Bertz CT molecular complexity index is 1430. The van der Waals surface area contributed by atoms with Gasteiger partial charge in [0.05, 0.1) is 39.9 Å². The second-order valence-corrected chi connectivity index (χ2v) is 26.3. The third-order valence-corrected chi connectivity index (χ3v) is 16.7. The minimum atomic E-state index is -4.60. The first-order valence-electron chi connectivity index (χ1n) is 34.5. The molecule has 9 heteroatoms. The molecule has 0 aliphatic rings. The van der Waals surface area contributed by atoms with Crippen LogP contribution in [0.25, 0.3) is 0 Å². The maximum atomic E-state index is 13.0. The minimum Gasteiger partial charge on any atom is -0.756 e. The van der Waals surface area contributed by atoms with Crippen LogP contribution in [0, 0.1) is 0 Å². The summed E-state index contributed by atoms with van der Waals surface area (Å²) in [7, 11) is 1.28. The number of aliphatic hydroxyl groups is 1. The first-order chi connectivity index (χ1) is 38.5. The predicted octanol–water partition coefficient (Wildman–Crippen LogP) is 21.2. The van der Waals surface area contributed by atoms with Crippen molar-refractivity contribution in [3.05, 3.63) is 48.6 Å². The van der Waals surface area contributed by atoms with Crippen LogP contribution in [0.15, 0.2) is 48.6 Å². The first kappa shape index (κ1) is 77.5. The van der Waals surface area contributed by atoms with E-state index >= 15 is 0 Å². The Morgan fingerprint density at radius 2 is 0.734 bits per heavy atom. The Morgan fingerprint density at radius 1 is 0.443 bits per heavy atom. The number of rotatable bonds is 64. The van der Waals surface area contributed by atoms with Crippen LogP contribution >= 0.6 is 7.82 Å². The highest BCUT2D eigenvalue weighted by atomic mass is 31.2. The Morgan fingerprint density at radius 3 is 1.06 bits per heavy atom. The standard InChI is InChI=1S/C70H135N2O6P/c1-6-8-10-12-14-16-18-20-22-24-26-27-28-29-30-31-32-33-34-35-36-37-38-39-40-41-42-43-44-45-46-48-50-52-54-56-58-60-62-64-70(74)71-68(67-78-79(75,76)77-66-65-72(3,4)5)69(73)63-61-59-57-55-53-51-49-47-25-23-21-19-17-15-13-11-9-7-2/h18,20,24,26,28-29,61,63,68-69,73H,6-17,19,21-23,25,27,30-60,62,64-67H2,1-5H3,(H-,71,74,75,76)/b20-18-,26-24-,29-28-,63-61+. The fraction of sp³-hybridized carbons (Fsp3) is 0.871. The van der Waals surface area contributed by atoms with Crippen molar-refractivity contribution < 1.29 is 32.9 Å². The molecule has 0 saturated heterocycles. The van der Waals surface area contributed by atoms with Gasteiger partial charge in [0.2, 0.25) is 5.91 Å². The number of carbonyl (C=O) groups is 1. The number of hydrogen-bond donors (Lipinski definition) is 2. The summed E-state index contributed by atoms with van der Waals surface area (Å²) in [4.78, 5) is 25.6. The fourth-order valence-electron chi connectivity index (χ4n) is 10.4. The average Bonchev–Trinajstić information content (AvgIpc) is 3.42. The zero-order valence-corrected chi connectivity index (χ0v) is 54.2. The lowest BCUT2D eigenvalue weighted by molar-refractivity contribution is -0.870. The smallest absolute Gasteiger partial charge is 0.268 e. The number of phosphoric ester groups is 1. The van der Waals surface area contributed by atoms with E-state index in [0.717, 1.165) is 51.4 Å². The highest BCUT2D eigenvalue weighted by Gasteiger charge is 2.23. The van der Waals surface area contributed by atoms with Crippen molar-refractivity contribution in [2.45, 2.75) is 353 Å². The molecule has 0 saturated carbocycles. The summed E-state index contributed by atoms with van der Waals surface area (Å²) in [6, 6.07) is -0.886. The summed E-state index contributed by atoms with van der Waals surface area (Å²) in [6.07, 6.45) is 82.3. The van der Waals surface area contributed by atoms with Crippen molar-refractivity contribution in [3.8, 4) is 0 Å². The molecule has 0 fully saturated rings. The zero-order chi connectivity index (χ0) is 57.7. The highest BCUT2D eigenvalue weighted by Crippen LogP contribution is 2.38. The lowest BCUT2D eigenvalue weighted by Gasteiger charge is -2.29. The summed E-state index contributed by atoms with van der Waals surface area (Å²) < 4.78 is 23.4. The maximum absolute atomic E-state index is 13.0. The van der Waals surface area contributed by atoms with Crippen LogP contribution in [0.4, 0.5) is 0 Å². The van der Waals surface area contributed by atoms with Gasteiger partial charge in [-0.15, -0.1) is 0 Å². The van der Waals surface area contributed by atoms with Crippen LogP contribution in [0.5, 0.6) is 0 Å². The molecule has 0 heterocycles. The van der Waals surface area contributed by atoms with Gasteiger partial charge in [-0.05, 0) is 57.8 Å². The van der Waals surface area contributed by atoms with E-state index in [-0.39, 0.29) is 19.1 Å². The van der Waals surface area contributed by atoms with Crippen LogP contribution < -0.4 is 10.2 Å². The molecule has 79 heavy (non-hydrogen) atoms. The highest BCUT2D eigenvalue weighted by molar-refractivity contribution is 7.45. The van der Waals surface area contributed by atoms with Crippen molar-refractivity contribution in [1.82, 2.24) is 5.32 Å². The Kier molecular flexibility index (Phi) is 59.8. The number of likely N-dealkylation sites (N-methyl/N-ethyl adjacent to an activating group) is 1. The summed E-state index contributed by atoms with van der Waals surface area (Å²) in [6.45, 7) is 4.68. The molecule has 0 spiro atoms. The van der Waals surface area contributed by atoms with E-state index in [9.17, 15) is 19.4 Å². The van der Waals surface area contributed by atoms with E-state index in [0.29, 0.717) is 17.4 Å². The second-order valence-electron chi connectivity index (χ2n) is 24.9. The number of amides is 1. The molecule has 0 aromatic rings. The molecule has 466 valence electrons. The van der Waals surface area contributed by atoms with Crippen molar-refractivity contribution in [3.63, 3.8) is 0 Å².